The van der Waals surface area contributed by atoms with Gasteiger partial charge in [0.25, 0.3) is 5.56 Å². The summed E-state index contributed by atoms with van der Waals surface area (Å²) < 4.78 is 10.5. The Morgan fingerprint density at radius 3 is 2.79 bits per heavy atom. The van der Waals surface area contributed by atoms with E-state index in [2.05, 4.69) is 39.7 Å². The molecule has 1 spiro atoms. The molecule has 7 heteroatoms. The molecule has 2 aromatic heterocycles. The number of hydrogen-bond acceptors (Lipinski definition) is 5. The van der Waals surface area contributed by atoms with Crippen molar-refractivity contribution in [3.05, 3.63) is 47.0 Å². The number of nitrogens with one attached hydrogen (secondary N) is 2. The van der Waals surface area contributed by atoms with Crippen molar-refractivity contribution in [1.82, 2.24) is 9.55 Å². The van der Waals surface area contributed by atoms with E-state index in [0.29, 0.717) is 10.9 Å². The third kappa shape index (κ3) is 2.72. The van der Waals surface area contributed by atoms with Crippen LogP contribution in [0.1, 0.15) is 6.92 Å². The van der Waals surface area contributed by atoms with Crippen LogP contribution in [0.2, 0.25) is 0 Å². The summed E-state index contributed by atoms with van der Waals surface area (Å²) in [5, 5.41) is 0.965. The Labute approximate surface area is 168 Å². The summed E-state index contributed by atoms with van der Waals surface area (Å²) in [6.07, 6.45) is 3.80. The van der Waals surface area contributed by atoms with Gasteiger partial charge in [-0.15, -0.1) is 0 Å². The van der Waals surface area contributed by atoms with E-state index in [1.165, 1.54) is 5.69 Å². The standard InChI is InChI=1S/C21H24N4O2S/c1-3-28-23-14-4-5-18(25-10-21(11-25)12-27-13-21)16(8-14)17-9-24(2)20(26)19-15(17)6-7-22-19/h4-9,22-23H,3,10-13H2,1-2H3. The predicted molar refractivity (Wildman–Crippen MR) is 116 cm³/mol. The Morgan fingerprint density at radius 1 is 1.25 bits per heavy atom. The van der Waals surface area contributed by atoms with Crippen molar-refractivity contribution in [2.45, 2.75) is 6.92 Å². The van der Waals surface area contributed by atoms with Crippen molar-refractivity contribution in [2.24, 2.45) is 12.5 Å². The predicted octanol–water partition coefficient (Wildman–Crippen LogP) is 3.45. The molecule has 0 unspecified atom stereocenters. The Morgan fingerprint density at radius 2 is 2.07 bits per heavy atom. The van der Waals surface area contributed by atoms with Gasteiger partial charge in [0.1, 0.15) is 5.52 Å². The highest BCUT2D eigenvalue weighted by atomic mass is 32.2. The lowest BCUT2D eigenvalue weighted by Crippen LogP contribution is -2.66. The minimum absolute atomic E-state index is 0.00404. The molecular weight excluding hydrogens is 372 g/mol. The average Bonchev–Trinajstić information content (AvgIpc) is 3.11. The second kappa shape index (κ2) is 6.60. The van der Waals surface area contributed by atoms with E-state index in [1.807, 2.05) is 25.5 Å². The van der Waals surface area contributed by atoms with Crippen LogP contribution in [0.25, 0.3) is 22.0 Å². The number of anilines is 2. The number of aromatic nitrogens is 2. The molecule has 0 radical (unpaired) electrons. The number of aromatic amines is 1. The molecule has 2 aliphatic rings. The summed E-state index contributed by atoms with van der Waals surface area (Å²) in [4.78, 5) is 18.0. The molecule has 0 atom stereocenters. The molecule has 6 nitrogen and oxygen atoms in total. The van der Waals surface area contributed by atoms with Crippen molar-refractivity contribution in [3.63, 3.8) is 0 Å². The van der Waals surface area contributed by atoms with Crippen LogP contribution < -0.4 is 15.2 Å². The van der Waals surface area contributed by atoms with Crippen LogP contribution in [0, 0.1) is 5.41 Å². The van der Waals surface area contributed by atoms with Gasteiger partial charge in [0, 0.05) is 66.2 Å². The third-order valence-electron chi connectivity index (χ3n) is 5.72. The highest BCUT2D eigenvalue weighted by Gasteiger charge is 2.49. The molecule has 28 heavy (non-hydrogen) atoms. The van der Waals surface area contributed by atoms with Crippen LogP contribution in [-0.2, 0) is 11.8 Å². The van der Waals surface area contributed by atoms with Gasteiger partial charge < -0.3 is 23.9 Å². The van der Waals surface area contributed by atoms with Crippen molar-refractivity contribution in [1.29, 1.82) is 0 Å². The van der Waals surface area contributed by atoms with Gasteiger partial charge in [0.05, 0.1) is 18.6 Å². The minimum atomic E-state index is -0.00404. The lowest BCUT2D eigenvalue weighted by Gasteiger charge is -2.56. The van der Waals surface area contributed by atoms with Crippen LogP contribution in [0.15, 0.2) is 41.5 Å². The van der Waals surface area contributed by atoms with Gasteiger partial charge >= 0.3 is 0 Å². The van der Waals surface area contributed by atoms with Crippen molar-refractivity contribution in [2.75, 3.05) is 41.7 Å². The summed E-state index contributed by atoms with van der Waals surface area (Å²) in [5.41, 5.74) is 5.51. The number of rotatable bonds is 5. The van der Waals surface area contributed by atoms with Crippen LogP contribution in [-0.4, -0.2) is 41.6 Å². The van der Waals surface area contributed by atoms with Gasteiger partial charge in [-0.05, 0) is 24.3 Å². The molecule has 5 rings (SSSR count). The van der Waals surface area contributed by atoms with E-state index in [1.54, 1.807) is 16.5 Å². The zero-order chi connectivity index (χ0) is 19.3. The molecule has 2 saturated heterocycles. The van der Waals surface area contributed by atoms with Gasteiger partial charge in [-0.2, -0.15) is 0 Å². The topological polar surface area (TPSA) is 62.3 Å². The molecule has 0 saturated carbocycles. The quantitative estimate of drug-likeness (QED) is 0.647. The molecule has 3 aromatic rings. The molecule has 0 amide bonds. The lowest BCUT2D eigenvalue weighted by atomic mass is 9.77. The first-order chi connectivity index (χ1) is 13.6. The van der Waals surface area contributed by atoms with Gasteiger partial charge in [-0.25, -0.2) is 0 Å². The maximum absolute atomic E-state index is 12.5. The summed E-state index contributed by atoms with van der Waals surface area (Å²) in [5.74, 6) is 0.994. The average molecular weight is 397 g/mol. The lowest BCUT2D eigenvalue weighted by molar-refractivity contribution is -0.127. The highest BCUT2D eigenvalue weighted by molar-refractivity contribution is 8.00. The maximum atomic E-state index is 12.5. The number of ether oxygens (including phenoxy) is 1. The van der Waals surface area contributed by atoms with E-state index in [-0.39, 0.29) is 5.56 Å². The number of fused-ring (bicyclic) bond motifs is 1. The van der Waals surface area contributed by atoms with Gasteiger partial charge in [-0.3, -0.25) is 4.79 Å². The second-order valence-electron chi connectivity index (χ2n) is 7.84. The van der Waals surface area contributed by atoms with Crippen molar-refractivity contribution < 1.29 is 4.74 Å². The molecule has 4 heterocycles. The van der Waals surface area contributed by atoms with Gasteiger partial charge in [0.15, 0.2) is 0 Å². The van der Waals surface area contributed by atoms with Crippen LogP contribution >= 0.6 is 11.9 Å². The smallest absolute Gasteiger partial charge is 0.274 e. The normalized spacial score (nSPS) is 17.6. The zero-order valence-electron chi connectivity index (χ0n) is 16.1. The first kappa shape index (κ1) is 17.7. The Hall–Kier alpha value is -2.38. The zero-order valence-corrected chi connectivity index (χ0v) is 16.9. The first-order valence-corrected chi connectivity index (χ1v) is 10.6. The fourth-order valence-electron chi connectivity index (χ4n) is 4.24. The summed E-state index contributed by atoms with van der Waals surface area (Å²) in [7, 11) is 1.81. The van der Waals surface area contributed by atoms with Crippen LogP contribution in [0.4, 0.5) is 11.4 Å². The highest BCUT2D eigenvalue weighted by Crippen LogP contribution is 2.45. The largest absolute Gasteiger partial charge is 0.380 e. The monoisotopic (exact) mass is 396 g/mol. The number of H-pyrrole nitrogens is 1. The Balaban J connectivity index is 1.63. The number of benzene rings is 1. The van der Waals surface area contributed by atoms with E-state index in [9.17, 15) is 4.79 Å². The van der Waals surface area contributed by atoms with E-state index in [4.69, 9.17) is 4.74 Å². The first-order valence-electron chi connectivity index (χ1n) is 9.62. The summed E-state index contributed by atoms with van der Waals surface area (Å²) in [6.45, 7) is 5.92. The van der Waals surface area contributed by atoms with Crippen molar-refractivity contribution in [3.8, 4) is 11.1 Å². The molecular formula is C21H24N4O2S. The molecule has 0 bridgehead atoms. The third-order valence-corrected chi connectivity index (χ3v) is 6.39. The number of hydrogen-bond donors (Lipinski definition) is 2. The molecule has 2 fully saturated rings. The molecule has 1 aromatic carbocycles. The fraction of sp³-hybridized carbons (Fsp3) is 0.381. The van der Waals surface area contributed by atoms with E-state index < -0.39 is 0 Å². The Bertz CT molecular complexity index is 1090. The van der Waals surface area contributed by atoms with Crippen LogP contribution in [0.5, 0.6) is 0 Å². The van der Waals surface area contributed by atoms with Crippen molar-refractivity contribution >= 4 is 34.2 Å². The molecule has 2 aliphatic heterocycles. The fourth-order valence-corrected chi connectivity index (χ4v) is 4.68. The number of pyridine rings is 1. The second-order valence-corrected chi connectivity index (χ2v) is 8.91. The summed E-state index contributed by atoms with van der Waals surface area (Å²) in [6, 6.07) is 8.53. The molecule has 146 valence electrons. The number of aryl methyl sites for hydroxylation is 1. The minimum Gasteiger partial charge on any atom is -0.380 e. The maximum Gasteiger partial charge on any atom is 0.274 e. The van der Waals surface area contributed by atoms with E-state index in [0.717, 1.165) is 54.3 Å². The van der Waals surface area contributed by atoms with Crippen LogP contribution in [0.3, 0.4) is 0 Å². The van der Waals surface area contributed by atoms with E-state index >= 15 is 0 Å². The van der Waals surface area contributed by atoms with Gasteiger partial charge in [0.2, 0.25) is 0 Å². The molecule has 0 aliphatic carbocycles. The summed E-state index contributed by atoms with van der Waals surface area (Å²) >= 11 is 1.68. The molecule has 2 N–H and O–H groups in total. The SMILES string of the molecule is CCSNc1ccc(N2CC3(COC3)C2)c(-c2cn(C)c(=O)c3[nH]ccc23)c1. The number of nitrogens with zero attached hydrogens (tertiary/aromatic N) is 2. The van der Waals surface area contributed by atoms with Gasteiger partial charge in [-0.1, -0.05) is 18.9 Å². The Kier molecular flexibility index (Phi) is 4.17.